The smallest absolute Gasteiger partial charge is 0.516 e. The van der Waals surface area contributed by atoms with Crippen LogP contribution in [0.4, 0.5) is 0 Å². The molecule has 0 saturated heterocycles. The van der Waals surface area contributed by atoms with Crippen LogP contribution in [0.3, 0.4) is 0 Å². The molecule has 52 heavy (non-hydrogen) atoms. The van der Waals surface area contributed by atoms with Crippen LogP contribution >= 0.6 is 0 Å². The van der Waals surface area contributed by atoms with Gasteiger partial charge in [0.2, 0.25) is 0 Å². The summed E-state index contributed by atoms with van der Waals surface area (Å²) in [5.74, 6) is 0. The third-order valence-corrected chi connectivity index (χ3v) is 9.87. The number of nitrogens with zero attached hydrogens (tertiary/aromatic N) is 4. The van der Waals surface area contributed by atoms with E-state index in [1.807, 2.05) is 70.0 Å². The standard InChI is InChI=1S/C45H30N4O2.Pt/c1-45(2,43-37(29-13-5-3-6-14-29)27-48(46-43)31-21-23-41-35(25-31)33-17-9-11-19-39(33)50-41)44-38(30-15-7-4-8-16-30)28-49(47-44)32-22-24-42-36(26-32)34-18-10-12-20-40(34)51-42;/h3-20,23-28H,1-2H3;/q-2;+2. The van der Waals surface area contributed by atoms with Crippen molar-refractivity contribution in [3.05, 3.63) is 169 Å². The van der Waals surface area contributed by atoms with Crippen LogP contribution in [0.5, 0.6) is 0 Å². The largest absolute Gasteiger partial charge is 2.00 e. The van der Waals surface area contributed by atoms with Crippen molar-refractivity contribution in [3.8, 4) is 33.6 Å². The Hall–Kier alpha value is -5.97. The zero-order valence-electron chi connectivity index (χ0n) is 28.3. The van der Waals surface area contributed by atoms with Crippen LogP contribution in [0.1, 0.15) is 25.2 Å². The molecule has 0 spiro atoms. The first-order valence-corrected chi connectivity index (χ1v) is 17.0. The first kappa shape index (κ1) is 32.0. The second kappa shape index (κ2) is 12.4. The predicted molar refractivity (Wildman–Crippen MR) is 202 cm³/mol. The van der Waals surface area contributed by atoms with Crippen molar-refractivity contribution in [2.24, 2.45) is 0 Å². The van der Waals surface area contributed by atoms with Gasteiger partial charge in [-0.25, -0.2) is 0 Å². The Morgan fingerprint density at radius 1 is 0.500 bits per heavy atom. The van der Waals surface area contributed by atoms with Crippen LogP contribution in [0.15, 0.2) is 155 Å². The van der Waals surface area contributed by atoms with Gasteiger partial charge in [0, 0.05) is 45.5 Å². The molecule has 0 aliphatic carbocycles. The number of hydrogen-bond donors (Lipinski definition) is 0. The summed E-state index contributed by atoms with van der Waals surface area (Å²) in [6.45, 7) is 4.41. The summed E-state index contributed by atoms with van der Waals surface area (Å²) >= 11 is 0. The molecule has 6 nitrogen and oxygen atoms in total. The van der Waals surface area contributed by atoms with Crippen LogP contribution < -0.4 is 0 Å². The van der Waals surface area contributed by atoms with Gasteiger partial charge in [0.1, 0.15) is 11.2 Å². The van der Waals surface area contributed by atoms with Crippen LogP contribution in [0.25, 0.3) is 77.5 Å². The van der Waals surface area contributed by atoms with Gasteiger partial charge in [0.05, 0.1) is 16.8 Å². The fourth-order valence-corrected chi connectivity index (χ4v) is 7.27. The molecular weight excluding hydrogens is 824 g/mol. The quantitative estimate of drug-likeness (QED) is 0.156. The van der Waals surface area contributed by atoms with Crippen LogP contribution in [-0.4, -0.2) is 19.6 Å². The second-order valence-electron chi connectivity index (χ2n) is 13.4. The van der Waals surface area contributed by atoms with E-state index < -0.39 is 5.41 Å². The van der Waals surface area contributed by atoms with E-state index in [2.05, 4.69) is 111 Å². The molecule has 0 amide bonds. The van der Waals surface area contributed by atoms with Crippen LogP contribution in [0, 0.1) is 12.1 Å². The number of aromatic nitrogens is 4. The summed E-state index contributed by atoms with van der Waals surface area (Å²) < 4.78 is 16.1. The second-order valence-corrected chi connectivity index (χ2v) is 13.4. The van der Waals surface area contributed by atoms with Crippen molar-refractivity contribution in [1.82, 2.24) is 19.6 Å². The molecule has 6 aromatic carbocycles. The Balaban J connectivity index is 0.00000360. The topological polar surface area (TPSA) is 61.9 Å². The van der Waals surface area contributed by atoms with Crippen molar-refractivity contribution in [2.75, 3.05) is 0 Å². The van der Waals surface area contributed by atoms with Crippen molar-refractivity contribution in [2.45, 2.75) is 19.3 Å². The number of furan rings is 2. The third-order valence-electron chi connectivity index (χ3n) is 9.87. The molecule has 0 aliphatic heterocycles. The molecule has 0 N–H and O–H groups in total. The van der Waals surface area contributed by atoms with Gasteiger partial charge in [-0.1, -0.05) is 108 Å². The molecule has 0 radical (unpaired) electrons. The Kier molecular flexibility index (Phi) is 7.60. The first-order valence-electron chi connectivity index (χ1n) is 17.0. The van der Waals surface area contributed by atoms with E-state index in [1.54, 1.807) is 0 Å². The fourth-order valence-electron chi connectivity index (χ4n) is 7.27. The Morgan fingerprint density at radius 3 is 1.35 bits per heavy atom. The van der Waals surface area contributed by atoms with E-state index in [-0.39, 0.29) is 21.1 Å². The zero-order valence-corrected chi connectivity index (χ0v) is 30.6. The molecule has 0 aliphatic rings. The van der Waals surface area contributed by atoms with Gasteiger partial charge in [-0.15, -0.1) is 24.3 Å². The Bertz CT molecular complexity index is 2700. The summed E-state index contributed by atoms with van der Waals surface area (Å²) in [7, 11) is 0. The monoisotopic (exact) mass is 853 g/mol. The summed E-state index contributed by atoms with van der Waals surface area (Å²) in [4.78, 5) is 0. The maximum Gasteiger partial charge on any atom is 2.00 e. The molecular formula is C45H30N4O2Pt. The minimum atomic E-state index is -0.633. The normalized spacial score (nSPS) is 11.9. The van der Waals surface area contributed by atoms with Crippen molar-refractivity contribution >= 4 is 43.9 Å². The molecule has 10 aromatic rings. The number of fused-ring (bicyclic) bond motifs is 6. The van der Waals surface area contributed by atoms with Gasteiger partial charge in [-0.2, -0.15) is 22.3 Å². The minimum Gasteiger partial charge on any atom is -0.516 e. The molecule has 7 heteroatoms. The average Bonchev–Trinajstić information content (AvgIpc) is 3.98. The first-order chi connectivity index (χ1) is 25.0. The molecule has 252 valence electrons. The number of hydrogen-bond acceptors (Lipinski definition) is 4. The number of rotatable bonds is 6. The number of benzene rings is 6. The summed E-state index contributed by atoms with van der Waals surface area (Å²) in [5.41, 5.74) is 10.3. The van der Waals surface area contributed by atoms with Gasteiger partial charge in [-0.3, -0.25) is 9.36 Å². The Labute approximate surface area is 314 Å². The minimum absolute atomic E-state index is 0. The van der Waals surface area contributed by atoms with E-state index in [0.29, 0.717) is 0 Å². The van der Waals surface area contributed by atoms with E-state index in [9.17, 15) is 0 Å². The fraction of sp³-hybridized carbons (Fsp3) is 0.0667. The molecule has 4 aromatic heterocycles. The van der Waals surface area contributed by atoms with Crippen LogP contribution in [-0.2, 0) is 26.5 Å². The van der Waals surface area contributed by atoms with Gasteiger partial charge in [0.15, 0.2) is 0 Å². The van der Waals surface area contributed by atoms with Crippen molar-refractivity contribution < 1.29 is 29.9 Å². The van der Waals surface area contributed by atoms with Gasteiger partial charge < -0.3 is 8.83 Å². The van der Waals surface area contributed by atoms with E-state index in [4.69, 9.17) is 19.0 Å². The van der Waals surface area contributed by atoms with Gasteiger partial charge >= 0.3 is 21.1 Å². The molecule has 0 saturated carbocycles. The van der Waals surface area contributed by atoms with Crippen molar-refractivity contribution in [1.29, 1.82) is 0 Å². The van der Waals surface area contributed by atoms with Gasteiger partial charge in [-0.05, 0) is 48.5 Å². The summed E-state index contributed by atoms with van der Waals surface area (Å²) in [6, 6.07) is 52.0. The van der Waals surface area contributed by atoms with E-state index in [0.717, 1.165) is 88.9 Å². The van der Waals surface area contributed by atoms with Gasteiger partial charge in [0.25, 0.3) is 0 Å². The third kappa shape index (κ3) is 5.13. The van der Waals surface area contributed by atoms with Crippen molar-refractivity contribution in [3.63, 3.8) is 0 Å². The zero-order chi connectivity index (χ0) is 34.1. The Morgan fingerprint density at radius 2 is 0.904 bits per heavy atom. The number of para-hydroxylation sites is 2. The maximum absolute atomic E-state index is 6.11. The van der Waals surface area contributed by atoms with E-state index >= 15 is 0 Å². The summed E-state index contributed by atoms with van der Waals surface area (Å²) in [5, 5.41) is 14.9. The van der Waals surface area contributed by atoms with E-state index in [1.165, 1.54) is 0 Å². The molecule has 0 bridgehead atoms. The average molecular weight is 854 g/mol. The molecule has 0 unspecified atom stereocenters. The molecule has 10 rings (SSSR count). The molecule has 4 heterocycles. The predicted octanol–water partition coefficient (Wildman–Crippen LogP) is 11.1. The molecule has 0 atom stereocenters. The SMILES string of the molecule is CC(C)(c1nn(-c2[c-]cc3oc4ccccc4c3c2)cc1-c1ccccc1)c1nn(-c2[c-]cc3oc4ccccc4c3c2)cc1-c1ccccc1.[Pt+2]. The maximum atomic E-state index is 6.11. The summed E-state index contributed by atoms with van der Waals surface area (Å²) in [6.07, 6.45) is 4.22. The van der Waals surface area contributed by atoms with Crippen LogP contribution in [0.2, 0.25) is 0 Å². The molecule has 0 fully saturated rings.